The van der Waals surface area contributed by atoms with Crippen LogP contribution in [0.4, 0.5) is 4.79 Å². The summed E-state index contributed by atoms with van der Waals surface area (Å²) in [6, 6.07) is -2.33. The van der Waals surface area contributed by atoms with E-state index in [4.69, 9.17) is 28.5 Å². The van der Waals surface area contributed by atoms with Gasteiger partial charge in [0.05, 0.1) is 37.8 Å². The molecule has 1 aliphatic carbocycles. The lowest BCUT2D eigenvalue weighted by Crippen LogP contribution is -2.61. The lowest BCUT2D eigenvalue weighted by molar-refractivity contribution is -0.306. The highest BCUT2D eigenvalue weighted by Crippen LogP contribution is 2.39. The molecule has 20 heteroatoms. The number of aliphatic hydroxyl groups is 2. The van der Waals surface area contributed by atoms with Gasteiger partial charge in [0.2, 0.25) is 5.79 Å². The number of carbonyl (C=O) groups excluding carboxylic acids is 7. The second-order valence-corrected chi connectivity index (χ2v) is 22.1. The predicted molar refractivity (Wildman–Crippen MR) is 281 cm³/mol. The number of fused-ring (bicyclic) bond motifs is 3. The SMILES string of the molecule is CCCCOC(=O)N(O)[C@@H]1C[C@@H]2CC[C@@H](C)[C@@](O)(O2)C(=O)C(=O)N2CCCC[C@H]2C(=O)O[C@H]([C@H](C)C[C@@H]2CC[C@@H](C(=O)ON(C)O)[C@H](OC)C2)CC(=O)[C@H](C)/C=C(\C)[C@@H](O)[C@@H](OC)C(=O)[C@H](C)C[C@H](C)\C=C/C=C/C=C/1C. The van der Waals surface area contributed by atoms with E-state index in [2.05, 4.69) is 0 Å². The zero-order valence-electron chi connectivity index (χ0n) is 47.3. The molecule has 0 spiro atoms. The summed E-state index contributed by atoms with van der Waals surface area (Å²) in [7, 11) is 4.00. The molecule has 0 aromatic carbocycles. The summed E-state index contributed by atoms with van der Waals surface area (Å²) in [5.74, 6) is -10.8. The zero-order valence-corrected chi connectivity index (χ0v) is 47.3. The Labute approximate surface area is 455 Å². The van der Waals surface area contributed by atoms with Gasteiger partial charge in [-0.1, -0.05) is 84.4 Å². The number of unbranched alkanes of at least 4 members (excludes halogenated alkanes) is 1. The Balaban J connectivity index is 1.75. The minimum absolute atomic E-state index is 0.0198. The fourth-order valence-electron chi connectivity index (χ4n) is 11.1. The monoisotopic (exact) mass is 1090 g/mol. The highest BCUT2D eigenvalue weighted by molar-refractivity contribution is 6.39. The molecule has 0 radical (unpaired) electrons. The van der Waals surface area contributed by atoms with Gasteiger partial charge in [0.25, 0.3) is 11.7 Å². The molecular formula is C57H89N3O17. The number of amides is 2. The molecule has 2 bridgehead atoms. The number of aliphatic hydroxyl groups excluding tert-OH is 1. The normalized spacial score (nSPS) is 35.8. The van der Waals surface area contributed by atoms with Gasteiger partial charge in [0.15, 0.2) is 5.78 Å². The van der Waals surface area contributed by atoms with E-state index in [0.717, 1.165) is 11.3 Å². The summed E-state index contributed by atoms with van der Waals surface area (Å²) < 4.78 is 29.1. The first-order valence-electron chi connectivity index (χ1n) is 27.6. The number of hydroxylamine groups is 4. The molecule has 4 N–H and O–H groups in total. The summed E-state index contributed by atoms with van der Waals surface area (Å²) >= 11 is 0. The van der Waals surface area contributed by atoms with Gasteiger partial charge < -0.3 is 43.6 Å². The maximum atomic E-state index is 14.6. The number of ether oxygens (including phenoxy) is 5. The molecule has 434 valence electrons. The van der Waals surface area contributed by atoms with Crippen LogP contribution in [0.2, 0.25) is 0 Å². The first kappa shape index (κ1) is 64.9. The van der Waals surface area contributed by atoms with Crippen LogP contribution in [0.25, 0.3) is 0 Å². The van der Waals surface area contributed by atoms with Gasteiger partial charge in [-0.05, 0) is 119 Å². The van der Waals surface area contributed by atoms with Crippen LogP contribution in [0.15, 0.2) is 47.6 Å². The molecule has 15 atom stereocenters. The van der Waals surface area contributed by atoms with Crippen molar-refractivity contribution in [2.75, 3.05) is 34.4 Å². The fraction of sp³-hybridized carbons (Fsp3) is 0.737. The summed E-state index contributed by atoms with van der Waals surface area (Å²) in [5, 5.41) is 45.4. The average Bonchev–Trinajstić information content (AvgIpc) is 3.39. The van der Waals surface area contributed by atoms with Gasteiger partial charge in [0, 0.05) is 51.4 Å². The van der Waals surface area contributed by atoms with E-state index in [1.807, 2.05) is 26.8 Å². The van der Waals surface area contributed by atoms with E-state index in [1.165, 1.54) is 21.3 Å². The van der Waals surface area contributed by atoms with Crippen LogP contribution in [-0.4, -0.2) is 160 Å². The molecule has 4 aliphatic rings. The maximum absolute atomic E-state index is 14.6. The van der Waals surface area contributed by atoms with E-state index >= 15 is 0 Å². The van der Waals surface area contributed by atoms with Crippen molar-refractivity contribution in [3.8, 4) is 0 Å². The number of hydrogen-bond acceptors (Lipinski definition) is 18. The van der Waals surface area contributed by atoms with Gasteiger partial charge in [-0.25, -0.2) is 14.4 Å². The Bertz CT molecular complexity index is 2140. The number of carbonyl (C=O) groups is 7. The number of allylic oxidation sites excluding steroid dienone is 6. The average molecular weight is 1090 g/mol. The molecular weight excluding hydrogens is 999 g/mol. The van der Waals surface area contributed by atoms with Gasteiger partial charge >= 0.3 is 18.0 Å². The molecule has 1 saturated carbocycles. The van der Waals surface area contributed by atoms with Crippen LogP contribution in [0.3, 0.4) is 0 Å². The van der Waals surface area contributed by atoms with Crippen LogP contribution in [0.5, 0.6) is 0 Å². The van der Waals surface area contributed by atoms with Crippen molar-refractivity contribution in [2.45, 2.75) is 194 Å². The third kappa shape index (κ3) is 17.9. The zero-order chi connectivity index (χ0) is 57.3. The van der Waals surface area contributed by atoms with Gasteiger partial charge in [-0.2, -0.15) is 5.06 Å². The van der Waals surface area contributed by atoms with Crippen LogP contribution >= 0.6 is 0 Å². The number of hydrogen-bond donors (Lipinski definition) is 4. The molecule has 0 aromatic rings. The Kier molecular flexibility index (Phi) is 25.8. The minimum Gasteiger partial charge on any atom is -0.460 e. The van der Waals surface area contributed by atoms with Crippen LogP contribution in [0.1, 0.15) is 145 Å². The van der Waals surface area contributed by atoms with Crippen molar-refractivity contribution in [2.24, 2.45) is 41.4 Å². The molecule has 3 heterocycles. The lowest BCUT2D eigenvalue weighted by Gasteiger charge is -2.43. The van der Waals surface area contributed by atoms with Crippen molar-refractivity contribution in [1.82, 2.24) is 15.2 Å². The van der Waals surface area contributed by atoms with E-state index in [9.17, 15) is 54.2 Å². The Morgan fingerprint density at radius 1 is 0.909 bits per heavy atom. The molecule has 77 heavy (non-hydrogen) atoms. The quantitative estimate of drug-likeness (QED) is 0.0398. The van der Waals surface area contributed by atoms with Gasteiger partial charge in [0.1, 0.15) is 30.1 Å². The number of nitrogens with zero attached hydrogens (tertiary/aromatic N) is 3. The van der Waals surface area contributed by atoms with Crippen LogP contribution in [0, 0.1) is 41.4 Å². The molecule has 20 nitrogen and oxygen atoms in total. The summed E-state index contributed by atoms with van der Waals surface area (Å²) in [6.07, 6.45) is 8.92. The third-order valence-corrected chi connectivity index (χ3v) is 16.0. The molecule has 3 fully saturated rings. The molecule has 0 aromatic heterocycles. The highest BCUT2D eigenvalue weighted by atomic mass is 16.9. The van der Waals surface area contributed by atoms with Crippen molar-refractivity contribution in [1.29, 1.82) is 0 Å². The Hall–Kier alpha value is -4.67. The molecule has 2 saturated heterocycles. The number of piperidine rings is 1. The standard InChI is InChI=1S/C57H89N3O17/c1-12-13-27-74-56(68)60(71)45-32-42-24-22-40(8)57(69,76-42)52(64)53(65)59-26-18-17-21-44(59)55(67)75-47(37(5)30-41-23-25-43(48(31-41)72-10)54(66)77-58(9)70)33-46(61)36(4)29-39(7)50(63)51(73-11)49(62)38(6)28-34(2)19-15-14-16-20-35(45)3/h14-16,19-20,29,34,36-38,40-45,47-48,50-51,63,69-71H,12-13,17-18,21-28,30-33H2,1-11H3/b16-14+,19-15-,35-20+,39-29+/t34-,36-,37-,38-,40-,41+,42+,43-,44+,45-,47+,48-,50-,51+,57-/m1/s1. The number of cyclic esters (lactones) is 1. The smallest absolute Gasteiger partial charge is 0.434 e. The first-order chi connectivity index (χ1) is 36.4. The van der Waals surface area contributed by atoms with Crippen molar-refractivity contribution in [3.63, 3.8) is 0 Å². The summed E-state index contributed by atoms with van der Waals surface area (Å²) in [4.78, 5) is 104. The molecule has 0 unspecified atom stereocenters. The fourth-order valence-corrected chi connectivity index (χ4v) is 11.1. The third-order valence-electron chi connectivity index (χ3n) is 16.0. The van der Waals surface area contributed by atoms with Crippen molar-refractivity contribution in [3.05, 3.63) is 47.6 Å². The number of esters is 1. The van der Waals surface area contributed by atoms with Crippen molar-refractivity contribution >= 4 is 41.3 Å². The Morgan fingerprint density at radius 3 is 2.29 bits per heavy atom. The van der Waals surface area contributed by atoms with Crippen molar-refractivity contribution < 1.29 is 82.7 Å². The van der Waals surface area contributed by atoms with Crippen LogP contribution < -0.4 is 0 Å². The van der Waals surface area contributed by atoms with Gasteiger partial charge in [-0.3, -0.25) is 29.6 Å². The van der Waals surface area contributed by atoms with E-state index < -0.39 is 108 Å². The minimum atomic E-state index is -2.65. The van der Waals surface area contributed by atoms with E-state index in [0.29, 0.717) is 79.2 Å². The number of rotatable bonds is 11. The van der Waals surface area contributed by atoms with E-state index in [-0.39, 0.29) is 62.2 Å². The summed E-state index contributed by atoms with van der Waals surface area (Å²) in [5.41, 5.74) is 0.824. The number of Topliss-reactive ketones (excluding diaryl/α,β-unsaturated/α-hetero) is 3. The summed E-state index contributed by atoms with van der Waals surface area (Å²) in [6.45, 7) is 14.0. The molecule has 4 rings (SSSR count). The molecule has 2 amide bonds. The van der Waals surface area contributed by atoms with Crippen LogP contribution in [-0.2, 0) is 57.3 Å². The largest absolute Gasteiger partial charge is 0.460 e. The number of ketones is 3. The number of methoxy groups -OCH3 is 2. The Morgan fingerprint density at radius 2 is 1.62 bits per heavy atom. The van der Waals surface area contributed by atoms with E-state index in [1.54, 1.807) is 65.0 Å². The topological polar surface area (TPSA) is 266 Å². The molecule has 3 aliphatic heterocycles. The lowest BCUT2D eigenvalue weighted by atomic mass is 9.75. The second kappa shape index (κ2) is 30.6. The maximum Gasteiger partial charge on any atom is 0.434 e. The highest BCUT2D eigenvalue weighted by Gasteiger charge is 2.53. The predicted octanol–water partition coefficient (Wildman–Crippen LogP) is 7.20. The van der Waals surface area contributed by atoms with Gasteiger partial charge in [-0.15, -0.1) is 0 Å². The second-order valence-electron chi connectivity index (χ2n) is 22.1. The first-order valence-corrected chi connectivity index (χ1v) is 27.6.